The van der Waals surface area contributed by atoms with Crippen LogP contribution in [-0.2, 0) is 11.8 Å². The van der Waals surface area contributed by atoms with E-state index in [-0.39, 0.29) is 42.4 Å². The first-order valence-corrected chi connectivity index (χ1v) is 22.4. The summed E-state index contributed by atoms with van der Waals surface area (Å²) in [5.41, 5.74) is 2.83. The Morgan fingerprint density at radius 2 is 1.65 bits per heavy atom. The number of piperazine rings is 1. The van der Waals surface area contributed by atoms with Crippen molar-refractivity contribution < 1.29 is 37.8 Å². The normalized spacial score (nSPS) is 17.6. The number of aryl methyl sites for hydroxylation is 1. The highest BCUT2D eigenvalue weighted by molar-refractivity contribution is 6.23. The molecule has 0 unspecified atom stereocenters. The minimum absolute atomic E-state index is 0.0355. The molecule has 1 atom stereocenters. The quantitative estimate of drug-likeness (QED) is 0.121. The van der Waals surface area contributed by atoms with Crippen LogP contribution in [0.15, 0.2) is 66.9 Å². The van der Waals surface area contributed by atoms with Crippen molar-refractivity contribution in [3.05, 3.63) is 89.4 Å². The molecule has 2 aromatic heterocycles. The van der Waals surface area contributed by atoms with Crippen molar-refractivity contribution in [2.24, 2.45) is 13.0 Å². The molecule has 0 saturated carbocycles. The van der Waals surface area contributed by atoms with Crippen molar-refractivity contribution in [2.75, 3.05) is 80.8 Å². The number of urea groups is 1. The average molecular weight is 899 g/mol. The van der Waals surface area contributed by atoms with Gasteiger partial charge in [0.1, 0.15) is 11.6 Å². The third-order valence-electron chi connectivity index (χ3n) is 13.0. The maximum absolute atomic E-state index is 15.4. The number of nitriles is 1. The molecule has 3 saturated heterocycles. The van der Waals surface area contributed by atoms with Crippen LogP contribution in [0, 0.1) is 23.1 Å². The van der Waals surface area contributed by atoms with Crippen LogP contribution in [0.25, 0.3) is 10.9 Å². The molecule has 4 aliphatic heterocycles. The van der Waals surface area contributed by atoms with Gasteiger partial charge in [0.15, 0.2) is 28.9 Å². The molecule has 6 heterocycles. The van der Waals surface area contributed by atoms with Gasteiger partial charge in [-0.25, -0.2) is 14.2 Å². The molecule has 66 heavy (non-hydrogen) atoms. The number of anilines is 3. The third-order valence-corrected chi connectivity index (χ3v) is 13.0. The number of carbonyl (C=O) groups excluding carboxylic acids is 4. The summed E-state index contributed by atoms with van der Waals surface area (Å²) in [6, 6.07) is 18.1. The van der Waals surface area contributed by atoms with Gasteiger partial charge in [-0.1, -0.05) is 6.07 Å². The van der Waals surface area contributed by atoms with Crippen LogP contribution in [0.5, 0.6) is 23.0 Å². The van der Waals surface area contributed by atoms with E-state index in [1.807, 2.05) is 31.2 Å². The SMILES string of the molecule is CCOc1cc([C@@H](CC#N)N2C(=O)c3ccnc(N4CCN(CCC5CCN(c6ccc(Oc7cc8c(cc7F)c(N7CCC(=O)NC7=O)nn8C)cc6)CC5)CC4)c3C2=O)ccc1OC. The molecular formula is C48H51FN10O7. The van der Waals surface area contributed by atoms with Gasteiger partial charge in [-0.2, -0.15) is 10.4 Å². The molecular weight excluding hydrogens is 848 g/mol. The Bertz CT molecular complexity index is 2720. The highest BCUT2D eigenvalue weighted by Gasteiger charge is 2.44. The van der Waals surface area contributed by atoms with Crippen molar-refractivity contribution in [1.29, 1.82) is 5.26 Å². The van der Waals surface area contributed by atoms with Gasteiger partial charge in [0.25, 0.3) is 11.8 Å². The van der Waals surface area contributed by atoms with E-state index in [1.54, 1.807) is 48.3 Å². The van der Waals surface area contributed by atoms with Gasteiger partial charge in [0, 0.05) is 82.6 Å². The molecule has 342 valence electrons. The van der Waals surface area contributed by atoms with E-state index in [2.05, 4.69) is 36.2 Å². The zero-order valence-electron chi connectivity index (χ0n) is 37.2. The largest absolute Gasteiger partial charge is 0.493 e. The van der Waals surface area contributed by atoms with Gasteiger partial charge in [0.2, 0.25) is 5.91 Å². The third kappa shape index (κ3) is 8.53. The zero-order chi connectivity index (χ0) is 46.1. The van der Waals surface area contributed by atoms with E-state index in [4.69, 9.17) is 14.2 Å². The molecule has 5 aromatic rings. The lowest BCUT2D eigenvalue weighted by atomic mass is 9.93. The Labute approximate surface area is 381 Å². The van der Waals surface area contributed by atoms with Crippen LogP contribution in [0.1, 0.15) is 71.3 Å². The summed E-state index contributed by atoms with van der Waals surface area (Å²) >= 11 is 0. The highest BCUT2D eigenvalue weighted by Crippen LogP contribution is 2.40. The zero-order valence-corrected chi connectivity index (χ0v) is 37.2. The molecule has 0 aliphatic carbocycles. The van der Waals surface area contributed by atoms with E-state index in [9.17, 15) is 24.4 Å². The number of hydrogen-bond donors (Lipinski definition) is 1. The first-order chi connectivity index (χ1) is 32.0. The maximum atomic E-state index is 15.4. The number of pyridine rings is 1. The molecule has 3 fully saturated rings. The van der Waals surface area contributed by atoms with E-state index >= 15 is 4.39 Å². The number of aromatic nitrogens is 3. The van der Waals surface area contributed by atoms with Crippen molar-refractivity contribution in [2.45, 2.75) is 45.1 Å². The molecule has 3 aromatic carbocycles. The summed E-state index contributed by atoms with van der Waals surface area (Å²) in [5.74, 6) is 1.03. The minimum Gasteiger partial charge on any atom is -0.493 e. The van der Waals surface area contributed by atoms with Gasteiger partial charge < -0.3 is 24.0 Å². The summed E-state index contributed by atoms with van der Waals surface area (Å²) < 4.78 is 34.2. The summed E-state index contributed by atoms with van der Waals surface area (Å²) in [6.45, 7) is 8.14. The highest BCUT2D eigenvalue weighted by atomic mass is 19.1. The molecule has 9 rings (SSSR count). The number of piperidine rings is 1. The van der Waals surface area contributed by atoms with E-state index in [0.29, 0.717) is 70.7 Å². The molecule has 5 amide bonds. The van der Waals surface area contributed by atoms with Crippen LogP contribution >= 0.6 is 0 Å². The Balaban J connectivity index is 0.761. The summed E-state index contributed by atoms with van der Waals surface area (Å²) in [5, 5.41) is 17.0. The summed E-state index contributed by atoms with van der Waals surface area (Å²) in [6.07, 6.45) is 4.84. The topological polar surface area (TPSA) is 179 Å². The second-order valence-electron chi connectivity index (χ2n) is 16.9. The first-order valence-electron chi connectivity index (χ1n) is 22.4. The number of amides is 5. The number of rotatable bonds is 14. The number of methoxy groups -OCH3 is 1. The molecule has 0 radical (unpaired) electrons. The van der Waals surface area contributed by atoms with Crippen molar-refractivity contribution in [3.63, 3.8) is 0 Å². The molecule has 1 N–H and O–H groups in total. The Morgan fingerprint density at radius 3 is 2.36 bits per heavy atom. The number of hydrogen-bond acceptors (Lipinski definition) is 13. The van der Waals surface area contributed by atoms with Gasteiger partial charge in [-0.05, 0) is 92.7 Å². The fourth-order valence-corrected chi connectivity index (χ4v) is 9.48. The number of nitrogens with one attached hydrogen (secondary N) is 1. The lowest BCUT2D eigenvalue weighted by molar-refractivity contribution is -0.120. The standard InChI is InChI=1S/C48H51FN10O7/c1-4-65-41-27-31(5-10-39(41)64-3)37(11-17-50)59-46(61)34-12-18-51-45(43(34)47(59)62)57-25-23-55(24-26-57)19-13-30-14-20-56(21-15-30)32-6-8-33(9-7-32)66-40-29-38-35(28-36(40)49)44(53-54(38)2)58-22-16-42(60)52-48(58)63/h5-10,12,18,27-30,37H,4,11,13-16,19-26H2,1-3H3,(H,52,60,63)/t37-/m1/s1. The predicted molar refractivity (Wildman–Crippen MR) is 243 cm³/mol. The molecule has 18 heteroatoms. The lowest BCUT2D eigenvalue weighted by Crippen LogP contribution is -2.49. The fraction of sp³-hybridized carbons (Fsp3) is 0.396. The Hall–Kier alpha value is -7.26. The van der Waals surface area contributed by atoms with E-state index in [1.165, 1.54) is 23.0 Å². The predicted octanol–water partition coefficient (Wildman–Crippen LogP) is 6.43. The van der Waals surface area contributed by atoms with Gasteiger partial charge >= 0.3 is 6.03 Å². The number of nitrogens with zero attached hydrogens (tertiary/aromatic N) is 9. The van der Waals surface area contributed by atoms with Crippen LogP contribution in [0.4, 0.5) is 26.5 Å². The van der Waals surface area contributed by atoms with Crippen molar-refractivity contribution >= 4 is 52.0 Å². The maximum Gasteiger partial charge on any atom is 0.329 e. The van der Waals surface area contributed by atoms with Crippen LogP contribution in [0.3, 0.4) is 0 Å². The summed E-state index contributed by atoms with van der Waals surface area (Å²) in [7, 11) is 3.25. The molecule has 4 aliphatic rings. The van der Waals surface area contributed by atoms with Crippen LogP contribution in [0.2, 0.25) is 0 Å². The average Bonchev–Trinajstić information content (AvgIpc) is 3.78. The van der Waals surface area contributed by atoms with E-state index in [0.717, 1.165) is 57.7 Å². The monoisotopic (exact) mass is 898 g/mol. The van der Waals surface area contributed by atoms with Crippen LogP contribution in [-0.4, -0.2) is 114 Å². The van der Waals surface area contributed by atoms with Gasteiger partial charge in [0.05, 0.1) is 48.9 Å². The lowest BCUT2D eigenvalue weighted by Gasteiger charge is -2.38. The number of halogens is 1. The number of carbonyl (C=O) groups is 4. The summed E-state index contributed by atoms with van der Waals surface area (Å²) in [4.78, 5) is 66.2. The molecule has 0 bridgehead atoms. The molecule has 17 nitrogen and oxygen atoms in total. The minimum atomic E-state index is -0.817. The Morgan fingerprint density at radius 1 is 0.879 bits per heavy atom. The van der Waals surface area contributed by atoms with E-state index < -0.39 is 29.7 Å². The number of ether oxygens (including phenoxy) is 3. The smallest absolute Gasteiger partial charge is 0.329 e. The number of fused-ring (bicyclic) bond motifs is 2. The second-order valence-corrected chi connectivity index (χ2v) is 16.9. The molecule has 0 spiro atoms. The van der Waals surface area contributed by atoms with Gasteiger partial charge in [-0.3, -0.25) is 39.1 Å². The first kappa shape index (κ1) is 44.0. The fourth-order valence-electron chi connectivity index (χ4n) is 9.48. The number of benzene rings is 3. The van der Waals surface area contributed by atoms with Crippen molar-refractivity contribution in [1.82, 2.24) is 29.9 Å². The van der Waals surface area contributed by atoms with Crippen LogP contribution < -0.4 is 34.2 Å². The van der Waals surface area contributed by atoms with Crippen molar-refractivity contribution in [3.8, 4) is 29.1 Å². The van der Waals surface area contributed by atoms with Gasteiger partial charge in [-0.15, -0.1) is 0 Å². The second kappa shape index (κ2) is 18.7. The Kier molecular flexibility index (Phi) is 12.4. The number of imide groups is 2.